The third-order valence-electron chi connectivity index (χ3n) is 2.06. The topological polar surface area (TPSA) is 50.2 Å². The van der Waals surface area contributed by atoms with Crippen LogP contribution in [0.25, 0.3) is 11.3 Å². The van der Waals surface area contributed by atoms with Crippen LogP contribution in [0.2, 0.25) is 0 Å². The molecule has 1 aromatic heterocycles. The van der Waals surface area contributed by atoms with Crippen LogP contribution in [0.3, 0.4) is 0 Å². The number of carboxylic acid groups (broad SMARTS) is 1. The summed E-state index contributed by atoms with van der Waals surface area (Å²) >= 11 is 1.11. The van der Waals surface area contributed by atoms with Crippen molar-refractivity contribution in [3.63, 3.8) is 0 Å². The van der Waals surface area contributed by atoms with Gasteiger partial charge in [-0.2, -0.15) is 0 Å². The molecule has 1 heterocycles. The van der Waals surface area contributed by atoms with Gasteiger partial charge in [0.15, 0.2) is 0 Å². The molecule has 0 saturated carbocycles. The number of halogens is 2. The Morgan fingerprint density at radius 3 is 2.88 bits per heavy atom. The fourth-order valence-electron chi connectivity index (χ4n) is 1.34. The Labute approximate surface area is 99.4 Å². The number of hydrogen-bond donors (Lipinski definition) is 1. The lowest BCUT2D eigenvalue weighted by molar-refractivity contribution is -0.136. The number of hydrogen-bond acceptors (Lipinski definition) is 3. The molecular weight excluding hydrogens is 248 g/mol. The first-order valence-corrected chi connectivity index (χ1v) is 5.56. The van der Waals surface area contributed by atoms with E-state index in [9.17, 15) is 13.6 Å². The van der Waals surface area contributed by atoms with E-state index in [0.717, 1.165) is 29.5 Å². The minimum atomic E-state index is -1.01. The van der Waals surface area contributed by atoms with Gasteiger partial charge in [0.05, 0.1) is 12.1 Å². The molecule has 2 aromatic rings. The largest absolute Gasteiger partial charge is 0.481 e. The molecule has 88 valence electrons. The smallest absolute Gasteiger partial charge is 0.310 e. The Balaban J connectivity index is 2.36. The van der Waals surface area contributed by atoms with Crippen LogP contribution in [0, 0.1) is 11.6 Å². The fraction of sp³-hybridized carbons (Fsp3) is 0.0909. The number of carbonyl (C=O) groups is 1. The highest BCUT2D eigenvalue weighted by Crippen LogP contribution is 2.25. The molecule has 0 spiro atoms. The quantitative estimate of drug-likeness (QED) is 0.917. The normalized spacial score (nSPS) is 10.5. The average Bonchev–Trinajstić information content (AvgIpc) is 2.69. The van der Waals surface area contributed by atoms with Gasteiger partial charge in [0.2, 0.25) is 0 Å². The minimum absolute atomic E-state index is 0.0397. The van der Waals surface area contributed by atoms with E-state index in [4.69, 9.17) is 5.11 Å². The van der Waals surface area contributed by atoms with E-state index < -0.39 is 17.6 Å². The lowest BCUT2D eigenvalue weighted by Gasteiger charge is -1.98. The molecule has 0 atom stereocenters. The van der Waals surface area contributed by atoms with Gasteiger partial charge in [0, 0.05) is 10.9 Å². The molecule has 17 heavy (non-hydrogen) atoms. The maximum absolute atomic E-state index is 13.4. The Kier molecular flexibility index (Phi) is 3.14. The van der Waals surface area contributed by atoms with Gasteiger partial charge in [-0.05, 0) is 18.2 Å². The van der Waals surface area contributed by atoms with Crippen molar-refractivity contribution in [2.45, 2.75) is 6.42 Å². The summed E-state index contributed by atoms with van der Waals surface area (Å²) in [6, 6.07) is 3.07. The van der Waals surface area contributed by atoms with E-state index in [1.165, 1.54) is 5.38 Å². The van der Waals surface area contributed by atoms with Crippen LogP contribution in [0.4, 0.5) is 8.78 Å². The summed E-state index contributed by atoms with van der Waals surface area (Å²) in [5.41, 5.74) is 0.293. The fourth-order valence-corrected chi connectivity index (χ4v) is 2.12. The first kappa shape index (κ1) is 11.7. The first-order valence-electron chi connectivity index (χ1n) is 4.68. The third-order valence-corrected chi connectivity index (χ3v) is 2.91. The Hall–Kier alpha value is -1.82. The van der Waals surface area contributed by atoms with Crippen LogP contribution in [0.1, 0.15) is 5.01 Å². The van der Waals surface area contributed by atoms with Crippen LogP contribution in [0.5, 0.6) is 0 Å². The summed E-state index contributed by atoms with van der Waals surface area (Å²) in [5.74, 6) is -2.15. The van der Waals surface area contributed by atoms with E-state index in [0.29, 0.717) is 5.01 Å². The molecule has 0 bridgehead atoms. The van der Waals surface area contributed by atoms with Gasteiger partial charge >= 0.3 is 5.97 Å². The average molecular weight is 255 g/mol. The van der Waals surface area contributed by atoms with Crippen molar-refractivity contribution >= 4 is 17.3 Å². The van der Waals surface area contributed by atoms with Gasteiger partial charge in [-0.25, -0.2) is 13.8 Å². The van der Waals surface area contributed by atoms with E-state index >= 15 is 0 Å². The maximum atomic E-state index is 13.4. The van der Waals surface area contributed by atoms with Crippen molar-refractivity contribution in [2.24, 2.45) is 0 Å². The Bertz CT molecular complexity index is 568. The summed E-state index contributed by atoms with van der Waals surface area (Å²) < 4.78 is 26.4. The van der Waals surface area contributed by atoms with Gasteiger partial charge in [-0.15, -0.1) is 11.3 Å². The molecule has 0 aliphatic heterocycles. The number of nitrogens with zero attached hydrogens (tertiary/aromatic N) is 1. The van der Waals surface area contributed by atoms with E-state index in [2.05, 4.69) is 4.98 Å². The molecule has 0 unspecified atom stereocenters. The highest BCUT2D eigenvalue weighted by molar-refractivity contribution is 7.10. The second-order valence-electron chi connectivity index (χ2n) is 3.32. The van der Waals surface area contributed by atoms with E-state index in [-0.39, 0.29) is 17.7 Å². The number of aliphatic carboxylic acids is 1. The van der Waals surface area contributed by atoms with Gasteiger partial charge in [0.25, 0.3) is 0 Å². The monoisotopic (exact) mass is 255 g/mol. The zero-order valence-electron chi connectivity index (χ0n) is 8.48. The number of thiazole rings is 1. The number of benzene rings is 1. The van der Waals surface area contributed by atoms with Crippen molar-refractivity contribution in [3.05, 3.63) is 40.2 Å². The molecule has 6 heteroatoms. The van der Waals surface area contributed by atoms with Crippen LogP contribution < -0.4 is 0 Å². The van der Waals surface area contributed by atoms with Crippen LogP contribution >= 0.6 is 11.3 Å². The molecule has 0 saturated heterocycles. The van der Waals surface area contributed by atoms with Crippen molar-refractivity contribution in [3.8, 4) is 11.3 Å². The van der Waals surface area contributed by atoms with Crippen LogP contribution in [-0.4, -0.2) is 16.1 Å². The second kappa shape index (κ2) is 4.58. The summed E-state index contributed by atoms with van der Waals surface area (Å²) in [6.07, 6.45) is -0.221. The molecule has 0 aliphatic carbocycles. The molecule has 1 N–H and O–H groups in total. The Morgan fingerprint density at radius 1 is 1.41 bits per heavy atom. The molecule has 0 fully saturated rings. The van der Waals surface area contributed by atoms with Gasteiger partial charge in [-0.1, -0.05) is 0 Å². The van der Waals surface area contributed by atoms with Crippen LogP contribution in [0.15, 0.2) is 23.6 Å². The molecular formula is C11H7F2NO2S. The summed E-state index contributed by atoms with van der Waals surface area (Å²) in [4.78, 5) is 14.4. The van der Waals surface area contributed by atoms with Crippen molar-refractivity contribution in [2.75, 3.05) is 0 Å². The Morgan fingerprint density at radius 2 is 2.18 bits per heavy atom. The molecule has 0 amide bonds. The summed E-state index contributed by atoms with van der Waals surface area (Å²) in [6.45, 7) is 0. The zero-order chi connectivity index (χ0) is 12.4. The lowest BCUT2D eigenvalue weighted by Crippen LogP contribution is -1.99. The second-order valence-corrected chi connectivity index (χ2v) is 4.26. The molecule has 1 aromatic carbocycles. The van der Waals surface area contributed by atoms with E-state index in [1.54, 1.807) is 0 Å². The predicted molar refractivity (Wildman–Crippen MR) is 58.8 cm³/mol. The zero-order valence-corrected chi connectivity index (χ0v) is 9.30. The SMILES string of the molecule is O=C(O)Cc1nc(-c2cc(F)ccc2F)cs1. The van der Waals surface area contributed by atoms with E-state index in [1.807, 2.05) is 0 Å². The molecule has 0 radical (unpaired) electrons. The predicted octanol–water partition coefficient (Wildman–Crippen LogP) is 2.72. The number of rotatable bonds is 3. The number of aromatic nitrogens is 1. The minimum Gasteiger partial charge on any atom is -0.481 e. The maximum Gasteiger partial charge on any atom is 0.310 e. The van der Waals surface area contributed by atoms with Crippen molar-refractivity contribution in [1.82, 2.24) is 4.98 Å². The first-order chi connectivity index (χ1) is 8.06. The van der Waals surface area contributed by atoms with Crippen LogP contribution in [-0.2, 0) is 11.2 Å². The summed E-state index contributed by atoms with van der Waals surface area (Å²) in [7, 11) is 0. The lowest BCUT2D eigenvalue weighted by atomic mass is 10.1. The molecule has 3 nitrogen and oxygen atoms in total. The number of carboxylic acids is 1. The standard InChI is InChI=1S/C11H7F2NO2S/c12-6-1-2-8(13)7(3-6)9-5-17-10(14-9)4-11(15)16/h1-3,5H,4H2,(H,15,16). The summed E-state index contributed by atoms with van der Waals surface area (Å²) in [5, 5.41) is 10.4. The van der Waals surface area contributed by atoms with Gasteiger partial charge in [-0.3, -0.25) is 4.79 Å². The third kappa shape index (κ3) is 2.65. The van der Waals surface area contributed by atoms with Gasteiger partial charge in [0.1, 0.15) is 16.6 Å². The molecule has 0 aliphatic rings. The van der Waals surface area contributed by atoms with Crippen molar-refractivity contribution in [1.29, 1.82) is 0 Å². The van der Waals surface area contributed by atoms with Crippen molar-refractivity contribution < 1.29 is 18.7 Å². The van der Waals surface area contributed by atoms with Gasteiger partial charge < -0.3 is 5.11 Å². The highest BCUT2D eigenvalue weighted by atomic mass is 32.1. The molecule has 2 rings (SSSR count). The highest BCUT2D eigenvalue weighted by Gasteiger charge is 2.12.